The molecule has 1 heterocycles. The van der Waals surface area contributed by atoms with Gasteiger partial charge in [-0.2, -0.15) is 0 Å². The molecule has 1 radical (unpaired) electrons. The van der Waals surface area contributed by atoms with E-state index in [9.17, 15) is 0 Å². The molecule has 1 aromatic rings. The first-order chi connectivity index (χ1) is 4.95. The predicted octanol–water partition coefficient (Wildman–Crippen LogP) is 1.83. The van der Waals surface area contributed by atoms with Crippen LogP contribution in [0.4, 0.5) is 0 Å². The molecule has 1 saturated carbocycles. The second kappa shape index (κ2) is 2.41. The van der Waals surface area contributed by atoms with E-state index in [4.69, 9.17) is 0 Å². The molecular weight excluding hydrogens is 122 g/mol. The molecule has 0 atom stereocenters. The Balaban J connectivity index is 2.03. The van der Waals surface area contributed by atoms with Crippen LogP contribution < -0.4 is 0 Å². The largest absolute Gasteiger partial charge is 0.261 e. The van der Waals surface area contributed by atoms with Crippen molar-refractivity contribution < 1.29 is 0 Å². The zero-order valence-corrected chi connectivity index (χ0v) is 5.88. The van der Waals surface area contributed by atoms with Gasteiger partial charge in [-0.1, -0.05) is 6.07 Å². The second-order valence-corrected chi connectivity index (χ2v) is 2.88. The fourth-order valence-electron chi connectivity index (χ4n) is 1.06. The van der Waals surface area contributed by atoms with Crippen LogP contribution in [0.5, 0.6) is 0 Å². The van der Waals surface area contributed by atoms with E-state index in [1.807, 2.05) is 18.3 Å². The molecule has 10 heavy (non-hydrogen) atoms. The molecule has 1 aliphatic carbocycles. The van der Waals surface area contributed by atoms with E-state index in [2.05, 4.69) is 11.1 Å². The number of aromatic nitrogens is 1. The van der Waals surface area contributed by atoms with Gasteiger partial charge in [-0.25, -0.2) is 0 Å². The van der Waals surface area contributed by atoms with Gasteiger partial charge in [0.25, 0.3) is 0 Å². The Bertz CT molecular complexity index is 201. The van der Waals surface area contributed by atoms with Gasteiger partial charge in [-0.05, 0) is 31.2 Å². The van der Waals surface area contributed by atoms with E-state index in [0.717, 1.165) is 18.0 Å². The number of nitrogens with zero attached hydrogens (tertiary/aromatic N) is 1. The molecular formula is C9H10N. The molecule has 0 unspecified atom stereocenters. The number of pyridine rings is 1. The summed E-state index contributed by atoms with van der Waals surface area (Å²) in [6.45, 7) is 0. The summed E-state index contributed by atoms with van der Waals surface area (Å²) in [5, 5.41) is 0. The fourth-order valence-corrected chi connectivity index (χ4v) is 1.06. The Morgan fingerprint density at radius 3 is 3.10 bits per heavy atom. The maximum Gasteiger partial charge on any atom is 0.0485 e. The van der Waals surface area contributed by atoms with Crippen LogP contribution in [0, 0.1) is 12.0 Å². The molecule has 0 aliphatic heterocycles. The monoisotopic (exact) mass is 132 g/mol. The maximum atomic E-state index is 4.20. The highest BCUT2D eigenvalue weighted by Crippen LogP contribution is 2.31. The molecule has 0 spiro atoms. The van der Waals surface area contributed by atoms with Gasteiger partial charge >= 0.3 is 0 Å². The highest BCUT2D eigenvalue weighted by molar-refractivity contribution is 5.03. The number of hydrogen-bond donors (Lipinski definition) is 0. The van der Waals surface area contributed by atoms with Gasteiger partial charge in [0.05, 0.1) is 0 Å². The molecule has 1 aromatic heterocycles. The van der Waals surface area contributed by atoms with Crippen molar-refractivity contribution in [3.8, 4) is 0 Å². The Kier molecular flexibility index (Phi) is 1.42. The molecule has 0 aromatic carbocycles. The van der Waals surface area contributed by atoms with Gasteiger partial charge in [-0.3, -0.25) is 4.98 Å². The van der Waals surface area contributed by atoms with Gasteiger partial charge < -0.3 is 0 Å². The highest BCUT2D eigenvalue weighted by Gasteiger charge is 2.21. The fraction of sp³-hybridized carbons (Fsp3) is 0.444. The lowest BCUT2D eigenvalue weighted by atomic mass is 10.2. The first kappa shape index (κ1) is 5.90. The van der Waals surface area contributed by atoms with Crippen LogP contribution >= 0.6 is 0 Å². The van der Waals surface area contributed by atoms with E-state index in [1.165, 1.54) is 12.8 Å². The Hall–Kier alpha value is -0.850. The molecule has 2 rings (SSSR count). The topological polar surface area (TPSA) is 12.9 Å². The zero-order valence-electron chi connectivity index (χ0n) is 5.88. The van der Waals surface area contributed by atoms with Crippen LogP contribution in [-0.2, 0) is 6.42 Å². The van der Waals surface area contributed by atoms with Crippen molar-refractivity contribution in [1.29, 1.82) is 0 Å². The van der Waals surface area contributed by atoms with E-state index in [1.54, 1.807) is 0 Å². The number of rotatable bonds is 2. The van der Waals surface area contributed by atoms with Crippen molar-refractivity contribution in [2.75, 3.05) is 0 Å². The summed E-state index contributed by atoms with van der Waals surface area (Å²) in [4.78, 5) is 4.20. The Morgan fingerprint density at radius 2 is 2.50 bits per heavy atom. The summed E-state index contributed by atoms with van der Waals surface area (Å²) in [5.74, 6) is 0.922. The summed E-state index contributed by atoms with van der Waals surface area (Å²) >= 11 is 0. The zero-order chi connectivity index (χ0) is 6.81. The highest BCUT2D eigenvalue weighted by atomic mass is 14.7. The lowest BCUT2D eigenvalue weighted by Gasteiger charge is -1.93. The molecule has 1 heteroatoms. The van der Waals surface area contributed by atoms with Crippen LogP contribution in [0.3, 0.4) is 0 Å². The van der Waals surface area contributed by atoms with Crippen molar-refractivity contribution in [3.63, 3.8) is 0 Å². The summed E-state index contributed by atoms with van der Waals surface area (Å²) < 4.78 is 0. The van der Waals surface area contributed by atoms with E-state index in [0.29, 0.717) is 0 Å². The molecule has 1 aliphatic rings. The molecule has 0 N–H and O–H groups in total. The standard InChI is InChI=1S/C9H10N/c1-2-6-10-9(3-1)7-8-4-5-8/h1-2,6,8H,4-5,7H2. The van der Waals surface area contributed by atoms with Crippen molar-refractivity contribution in [2.45, 2.75) is 19.3 Å². The normalized spacial score (nSPS) is 17.2. The third-order valence-electron chi connectivity index (χ3n) is 1.84. The summed E-state index contributed by atoms with van der Waals surface area (Å²) in [5.41, 5.74) is 1.13. The summed E-state index contributed by atoms with van der Waals surface area (Å²) in [6, 6.07) is 6.98. The van der Waals surface area contributed by atoms with Gasteiger partial charge in [0, 0.05) is 18.0 Å². The van der Waals surface area contributed by atoms with Crippen molar-refractivity contribution >= 4 is 0 Å². The van der Waals surface area contributed by atoms with Gasteiger partial charge in [-0.15, -0.1) is 0 Å². The maximum absolute atomic E-state index is 4.20. The van der Waals surface area contributed by atoms with E-state index < -0.39 is 0 Å². The minimum atomic E-state index is 0.922. The average Bonchev–Trinajstić information content (AvgIpc) is 2.74. The van der Waals surface area contributed by atoms with Crippen LogP contribution in [0.1, 0.15) is 18.5 Å². The van der Waals surface area contributed by atoms with Crippen molar-refractivity contribution in [2.24, 2.45) is 5.92 Å². The minimum Gasteiger partial charge on any atom is -0.261 e. The smallest absolute Gasteiger partial charge is 0.0485 e. The molecule has 0 amide bonds. The molecule has 0 saturated heterocycles. The van der Waals surface area contributed by atoms with Crippen molar-refractivity contribution in [3.05, 3.63) is 30.1 Å². The lowest BCUT2D eigenvalue weighted by Crippen LogP contribution is -1.89. The van der Waals surface area contributed by atoms with Gasteiger partial charge in [0.2, 0.25) is 0 Å². The van der Waals surface area contributed by atoms with Gasteiger partial charge in [0.1, 0.15) is 0 Å². The molecule has 1 fully saturated rings. The first-order valence-corrected chi connectivity index (χ1v) is 3.77. The van der Waals surface area contributed by atoms with Gasteiger partial charge in [0.15, 0.2) is 0 Å². The molecule has 51 valence electrons. The SMILES string of the molecule is [c]1cccnc1CC1CC1. The molecule has 1 nitrogen and oxygen atoms in total. The second-order valence-electron chi connectivity index (χ2n) is 2.88. The number of hydrogen-bond acceptors (Lipinski definition) is 1. The van der Waals surface area contributed by atoms with E-state index >= 15 is 0 Å². The first-order valence-electron chi connectivity index (χ1n) is 3.77. The lowest BCUT2D eigenvalue weighted by molar-refractivity contribution is 0.803. The molecule has 0 bridgehead atoms. The summed E-state index contributed by atoms with van der Waals surface area (Å²) in [7, 11) is 0. The quantitative estimate of drug-likeness (QED) is 0.598. The van der Waals surface area contributed by atoms with Crippen LogP contribution in [-0.4, -0.2) is 4.98 Å². The summed E-state index contributed by atoms with van der Waals surface area (Å²) in [6.07, 6.45) is 5.77. The third-order valence-corrected chi connectivity index (χ3v) is 1.84. The Labute approximate surface area is 61.1 Å². The van der Waals surface area contributed by atoms with Crippen LogP contribution in [0.15, 0.2) is 18.3 Å². The average molecular weight is 132 g/mol. The predicted molar refractivity (Wildman–Crippen MR) is 39.5 cm³/mol. The third kappa shape index (κ3) is 1.35. The van der Waals surface area contributed by atoms with Crippen molar-refractivity contribution in [1.82, 2.24) is 4.98 Å². The Morgan fingerprint density at radius 1 is 1.60 bits per heavy atom. The van der Waals surface area contributed by atoms with Crippen LogP contribution in [0.25, 0.3) is 0 Å². The van der Waals surface area contributed by atoms with E-state index in [-0.39, 0.29) is 0 Å². The minimum absolute atomic E-state index is 0.922. The van der Waals surface area contributed by atoms with Crippen LogP contribution in [0.2, 0.25) is 0 Å².